The van der Waals surface area contributed by atoms with Crippen molar-refractivity contribution in [3.05, 3.63) is 72.3 Å². The molecule has 0 bridgehead atoms. The molecule has 0 atom stereocenters. The number of halogens is 1. The van der Waals surface area contributed by atoms with Crippen LogP contribution < -0.4 is 21.7 Å². The van der Waals surface area contributed by atoms with Gasteiger partial charge in [-0.25, -0.2) is 14.4 Å². The molecule has 0 amide bonds. The van der Waals surface area contributed by atoms with Gasteiger partial charge in [-0.3, -0.25) is 4.98 Å². The standard InChI is InChI=1S/C22H22FN6P/c1-30(2)19-8-6-16(11-17(19)23)28-20-13-26-21(24)22(29-20)27-12-14-5-7-18-15(10-14)4-3-9-25-18/h3-11,13H,12H2,1-2H3,(H2,24,26)(H2,27,28,29). The van der Waals surface area contributed by atoms with Crippen molar-refractivity contribution in [2.45, 2.75) is 6.54 Å². The Hall–Kier alpha value is -3.31. The maximum atomic E-state index is 14.3. The molecule has 0 unspecified atom stereocenters. The van der Waals surface area contributed by atoms with Crippen LogP contribution in [0, 0.1) is 5.82 Å². The van der Waals surface area contributed by atoms with Gasteiger partial charge in [0.25, 0.3) is 0 Å². The van der Waals surface area contributed by atoms with Crippen molar-refractivity contribution >= 4 is 47.3 Å². The summed E-state index contributed by atoms with van der Waals surface area (Å²) in [4.78, 5) is 13.0. The molecular weight excluding hydrogens is 398 g/mol. The molecule has 0 saturated carbocycles. The number of nitrogens with two attached hydrogens (primary N) is 1. The second kappa shape index (κ2) is 8.59. The van der Waals surface area contributed by atoms with Gasteiger partial charge in [0, 0.05) is 29.1 Å². The predicted octanol–water partition coefficient (Wildman–Crippen LogP) is 4.47. The Morgan fingerprint density at radius 3 is 2.73 bits per heavy atom. The lowest BCUT2D eigenvalue weighted by Gasteiger charge is -2.13. The summed E-state index contributed by atoms with van der Waals surface area (Å²) in [6, 6.07) is 15.1. The minimum atomic E-state index is -0.497. The highest BCUT2D eigenvalue weighted by Gasteiger charge is 2.09. The summed E-state index contributed by atoms with van der Waals surface area (Å²) in [5.74, 6) is 1.03. The zero-order valence-electron chi connectivity index (χ0n) is 16.7. The molecule has 0 spiro atoms. The van der Waals surface area contributed by atoms with Gasteiger partial charge in [-0.15, -0.1) is 0 Å². The van der Waals surface area contributed by atoms with E-state index in [-0.39, 0.29) is 5.82 Å². The highest BCUT2D eigenvalue weighted by Crippen LogP contribution is 2.27. The minimum absolute atomic E-state index is 0.219. The normalized spacial score (nSPS) is 11.1. The number of nitrogens with one attached hydrogen (secondary N) is 2. The van der Waals surface area contributed by atoms with Gasteiger partial charge >= 0.3 is 0 Å². The number of hydrogen-bond acceptors (Lipinski definition) is 6. The molecule has 30 heavy (non-hydrogen) atoms. The minimum Gasteiger partial charge on any atom is -0.381 e. The van der Waals surface area contributed by atoms with Gasteiger partial charge in [0.15, 0.2) is 17.5 Å². The van der Waals surface area contributed by atoms with Crippen molar-refractivity contribution in [2.75, 3.05) is 29.7 Å². The molecule has 4 rings (SSSR count). The molecule has 0 aliphatic rings. The second-order valence-corrected chi connectivity index (χ2v) is 9.33. The van der Waals surface area contributed by atoms with E-state index in [1.54, 1.807) is 6.20 Å². The third-order valence-corrected chi connectivity index (χ3v) is 5.96. The molecule has 152 valence electrons. The number of pyridine rings is 1. The topological polar surface area (TPSA) is 88.8 Å². The first-order valence-corrected chi connectivity index (χ1v) is 11.7. The molecule has 6 nitrogen and oxygen atoms in total. The van der Waals surface area contributed by atoms with Gasteiger partial charge in [0.1, 0.15) is 5.82 Å². The lowest BCUT2D eigenvalue weighted by Crippen LogP contribution is -2.09. The summed E-state index contributed by atoms with van der Waals surface area (Å²) in [5.41, 5.74) is 8.61. The van der Waals surface area contributed by atoms with E-state index in [9.17, 15) is 4.39 Å². The van der Waals surface area contributed by atoms with Crippen LogP contribution in [0.25, 0.3) is 10.9 Å². The van der Waals surface area contributed by atoms with Gasteiger partial charge in [-0.05, 0) is 55.3 Å². The summed E-state index contributed by atoms with van der Waals surface area (Å²) < 4.78 is 14.3. The van der Waals surface area contributed by atoms with E-state index in [4.69, 9.17) is 5.73 Å². The summed E-state index contributed by atoms with van der Waals surface area (Å²) in [6.45, 7) is 4.58. The molecule has 0 aliphatic heterocycles. The quantitative estimate of drug-likeness (QED) is 0.399. The zero-order valence-corrected chi connectivity index (χ0v) is 17.6. The summed E-state index contributed by atoms with van der Waals surface area (Å²) >= 11 is 0. The van der Waals surface area contributed by atoms with Crippen molar-refractivity contribution < 1.29 is 4.39 Å². The van der Waals surface area contributed by atoms with E-state index in [2.05, 4.69) is 31.7 Å². The molecule has 2 aromatic carbocycles. The number of benzene rings is 2. The number of fused-ring (bicyclic) bond motifs is 1. The fraction of sp³-hybridized carbons (Fsp3) is 0.136. The Balaban J connectivity index is 1.49. The SMILES string of the molecule is CP(C)c1ccc(Nc2cnc(N)c(NCc3ccc4ncccc4c3)n2)cc1F. The van der Waals surface area contributed by atoms with Crippen molar-refractivity contribution in [3.63, 3.8) is 0 Å². The van der Waals surface area contributed by atoms with Gasteiger partial charge in [-0.1, -0.05) is 20.1 Å². The van der Waals surface area contributed by atoms with Gasteiger partial charge in [0.05, 0.1) is 11.7 Å². The van der Waals surface area contributed by atoms with E-state index in [0.29, 0.717) is 29.7 Å². The molecule has 4 aromatic rings. The molecule has 8 heteroatoms. The Morgan fingerprint density at radius 1 is 1.07 bits per heavy atom. The van der Waals surface area contributed by atoms with Crippen LogP contribution in [0.15, 0.2) is 60.9 Å². The first-order valence-electron chi connectivity index (χ1n) is 9.43. The third-order valence-electron chi connectivity index (χ3n) is 4.63. The monoisotopic (exact) mass is 420 g/mol. The molecule has 0 radical (unpaired) electrons. The van der Waals surface area contributed by atoms with Gasteiger partial charge in [-0.2, -0.15) is 0 Å². The van der Waals surface area contributed by atoms with Crippen molar-refractivity contribution in [3.8, 4) is 0 Å². The Labute approximate surface area is 175 Å². The van der Waals surface area contributed by atoms with Gasteiger partial charge < -0.3 is 16.4 Å². The van der Waals surface area contributed by atoms with Crippen LogP contribution >= 0.6 is 7.92 Å². The predicted molar refractivity (Wildman–Crippen MR) is 124 cm³/mol. The number of nitrogens with zero attached hydrogens (tertiary/aromatic N) is 3. The van der Waals surface area contributed by atoms with Crippen LogP contribution in [0.2, 0.25) is 0 Å². The molecule has 2 heterocycles. The Bertz CT molecular complexity index is 1200. The first-order chi connectivity index (χ1) is 14.5. The maximum Gasteiger partial charge on any atom is 0.171 e. The smallest absolute Gasteiger partial charge is 0.171 e. The molecular formula is C22H22FN6P. The maximum absolute atomic E-state index is 14.3. The number of aromatic nitrogens is 3. The lowest BCUT2D eigenvalue weighted by molar-refractivity contribution is 0.637. The Morgan fingerprint density at radius 2 is 1.93 bits per heavy atom. The molecule has 0 aliphatic carbocycles. The fourth-order valence-electron chi connectivity index (χ4n) is 3.10. The third kappa shape index (κ3) is 4.47. The van der Waals surface area contributed by atoms with Crippen LogP contribution in [-0.4, -0.2) is 28.3 Å². The second-order valence-electron chi connectivity index (χ2n) is 7.06. The van der Waals surface area contributed by atoms with Crippen molar-refractivity contribution in [2.24, 2.45) is 0 Å². The van der Waals surface area contributed by atoms with E-state index >= 15 is 0 Å². The first kappa shape index (κ1) is 20.0. The highest BCUT2D eigenvalue weighted by molar-refractivity contribution is 7.64. The number of rotatable bonds is 6. The summed E-state index contributed by atoms with van der Waals surface area (Å²) in [6.07, 6.45) is 3.30. The molecule has 0 fully saturated rings. The zero-order chi connectivity index (χ0) is 21.1. The van der Waals surface area contributed by atoms with Crippen LogP contribution in [-0.2, 0) is 6.54 Å². The number of anilines is 4. The largest absolute Gasteiger partial charge is 0.381 e. The average Bonchev–Trinajstić information content (AvgIpc) is 2.74. The Kier molecular flexibility index (Phi) is 5.72. The van der Waals surface area contributed by atoms with Crippen LogP contribution in [0.5, 0.6) is 0 Å². The number of nitrogen functional groups attached to an aromatic ring is 1. The summed E-state index contributed by atoms with van der Waals surface area (Å²) in [5, 5.41) is 8.13. The lowest BCUT2D eigenvalue weighted by atomic mass is 10.1. The highest BCUT2D eigenvalue weighted by atomic mass is 31.1. The molecule has 4 N–H and O–H groups in total. The van der Waals surface area contributed by atoms with Crippen LogP contribution in [0.4, 0.5) is 27.5 Å². The fourth-order valence-corrected chi connectivity index (χ4v) is 3.97. The van der Waals surface area contributed by atoms with E-state index in [1.807, 2.05) is 49.7 Å². The average molecular weight is 420 g/mol. The van der Waals surface area contributed by atoms with Crippen LogP contribution in [0.1, 0.15) is 5.56 Å². The van der Waals surface area contributed by atoms with Gasteiger partial charge in [0.2, 0.25) is 0 Å². The van der Waals surface area contributed by atoms with E-state index < -0.39 is 7.92 Å². The molecule has 2 aromatic heterocycles. The van der Waals surface area contributed by atoms with Crippen molar-refractivity contribution in [1.82, 2.24) is 15.0 Å². The van der Waals surface area contributed by atoms with Crippen molar-refractivity contribution in [1.29, 1.82) is 0 Å². The van der Waals surface area contributed by atoms with Crippen LogP contribution in [0.3, 0.4) is 0 Å². The van der Waals surface area contributed by atoms with E-state index in [1.165, 1.54) is 12.3 Å². The molecule has 0 saturated heterocycles. The number of hydrogen-bond donors (Lipinski definition) is 3. The van der Waals surface area contributed by atoms with E-state index in [0.717, 1.165) is 21.8 Å². The summed E-state index contributed by atoms with van der Waals surface area (Å²) in [7, 11) is -0.497.